The van der Waals surface area contributed by atoms with Crippen molar-refractivity contribution in [2.24, 2.45) is 5.92 Å². The van der Waals surface area contributed by atoms with Gasteiger partial charge in [0.25, 0.3) is 0 Å². The van der Waals surface area contributed by atoms with Crippen molar-refractivity contribution in [1.29, 1.82) is 0 Å². The van der Waals surface area contributed by atoms with Gasteiger partial charge >= 0.3 is 11.9 Å². The van der Waals surface area contributed by atoms with E-state index in [0.29, 0.717) is 12.8 Å². The second kappa shape index (κ2) is 32.7. The Morgan fingerprint density at radius 3 is 1.10 bits per heavy atom. The van der Waals surface area contributed by atoms with Gasteiger partial charge in [-0.05, 0) is 19.3 Å². The van der Waals surface area contributed by atoms with Crippen LogP contribution >= 0.6 is 0 Å². The largest absolute Gasteiger partial charge is 0.393 e. The lowest BCUT2D eigenvalue weighted by atomic mass is 9.92. The minimum absolute atomic E-state index is 0.0192. The Kier molecular flexibility index (Phi) is 31.8. The van der Waals surface area contributed by atoms with Crippen molar-refractivity contribution in [2.75, 3.05) is 0 Å². The molecule has 0 aliphatic rings. The van der Waals surface area contributed by atoms with E-state index in [1.54, 1.807) is 0 Å². The van der Waals surface area contributed by atoms with E-state index in [-0.39, 0.29) is 12.2 Å². The van der Waals surface area contributed by atoms with Crippen LogP contribution in [0, 0.1) is 5.92 Å². The number of ether oxygens (including phenoxy) is 1. The summed E-state index contributed by atoms with van der Waals surface area (Å²) in [6.07, 6.45) is 34.8. The number of rotatable bonds is 33. The molecule has 0 bridgehead atoms. The molecule has 0 saturated carbocycles. The zero-order valence-electron chi connectivity index (χ0n) is 28.6. The summed E-state index contributed by atoms with van der Waals surface area (Å²) in [5.74, 6) is -1.83. The summed E-state index contributed by atoms with van der Waals surface area (Å²) in [7, 11) is 0. The molecule has 0 saturated heterocycles. The molecule has 0 spiro atoms. The van der Waals surface area contributed by atoms with Gasteiger partial charge in [-0.15, -0.1) is 0 Å². The van der Waals surface area contributed by atoms with Crippen LogP contribution in [0.4, 0.5) is 0 Å². The number of carbonyl (C=O) groups excluding carboxylic acids is 3. The second-order valence-corrected chi connectivity index (χ2v) is 12.9. The minimum atomic E-state index is -0.764. The van der Waals surface area contributed by atoms with E-state index in [1.165, 1.54) is 122 Å². The maximum atomic E-state index is 13.1. The number of ketones is 1. The Morgan fingerprint density at radius 1 is 0.405 bits per heavy atom. The first-order chi connectivity index (χ1) is 20.6. The van der Waals surface area contributed by atoms with Gasteiger partial charge in [-0.3, -0.25) is 14.4 Å². The van der Waals surface area contributed by atoms with E-state index in [0.717, 1.165) is 57.8 Å². The van der Waals surface area contributed by atoms with Crippen molar-refractivity contribution in [3.8, 4) is 0 Å². The third-order valence-electron chi connectivity index (χ3n) is 8.75. The third-order valence-corrected chi connectivity index (χ3v) is 8.75. The molecule has 0 amide bonds. The van der Waals surface area contributed by atoms with E-state index in [9.17, 15) is 14.4 Å². The van der Waals surface area contributed by atoms with Crippen LogP contribution in [-0.2, 0) is 19.1 Å². The van der Waals surface area contributed by atoms with Crippen LogP contribution in [0.15, 0.2) is 0 Å². The highest BCUT2D eigenvalue weighted by atomic mass is 16.6. The van der Waals surface area contributed by atoms with Crippen molar-refractivity contribution in [3.05, 3.63) is 0 Å². The molecule has 248 valence electrons. The lowest BCUT2D eigenvalue weighted by Gasteiger charge is -2.14. The highest BCUT2D eigenvalue weighted by Crippen LogP contribution is 2.20. The predicted molar refractivity (Wildman–Crippen MR) is 180 cm³/mol. The summed E-state index contributed by atoms with van der Waals surface area (Å²) >= 11 is 0. The number of unbranched alkanes of at least 4 members (excludes halogenated alkanes) is 25. The van der Waals surface area contributed by atoms with Gasteiger partial charge in [0.1, 0.15) is 11.7 Å². The standard InChI is InChI=1S/C38H72O4/c1-4-7-10-13-16-19-21-24-27-30-33-36(39)35(32-29-26-23-18-15-12-9-6-3)38(41)42-37(40)34-31-28-25-22-20-17-14-11-8-5-2/h35H,4-34H2,1-3H3. The molecule has 0 aromatic carbocycles. The van der Waals surface area contributed by atoms with E-state index in [1.807, 2.05) is 0 Å². The maximum absolute atomic E-state index is 13.1. The highest BCUT2D eigenvalue weighted by Gasteiger charge is 2.28. The average molecular weight is 593 g/mol. The lowest BCUT2D eigenvalue weighted by molar-refractivity contribution is -0.164. The van der Waals surface area contributed by atoms with Gasteiger partial charge < -0.3 is 4.74 Å². The third kappa shape index (κ3) is 27.6. The Labute approximate surface area is 262 Å². The van der Waals surface area contributed by atoms with Crippen LogP contribution in [0.3, 0.4) is 0 Å². The Hall–Kier alpha value is -1.19. The van der Waals surface area contributed by atoms with Gasteiger partial charge in [-0.1, -0.05) is 188 Å². The van der Waals surface area contributed by atoms with Gasteiger partial charge in [-0.2, -0.15) is 0 Å². The molecule has 4 nitrogen and oxygen atoms in total. The van der Waals surface area contributed by atoms with Crippen molar-refractivity contribution in [2.45, 2.75) is 220 Å². The van der Waals surface area contributed by atoms with Crippen LogP contribution in [-0.4, -0.2) is 17.7 Å². The zero-order valence-corrected chi connectivity index (χ0v) is 28.6. The molecule has 0 N–H and O–H groups in total. The van der Waals surface area contributed by atoms with E-state index >= 15 is 0 Å². The fourth-order valence-corrected chi connectivity index (χ4v) is 5.84. The van der Waals surface area contributed by atoms with Gasteiger partial charge in [0.05, 0.1) is 0 Å². The number of hydrogen-bond acceptors (Lipinski definition) is 4. The molecule has 1 atom stereocenters. The van der Waals surface area contributed by atoms with Gasteiger partial charge in [-0.25, -0.2) is 0 Å². The van der Waals surface area contributed by atoms with Crippen LogP contribution in [0.1, 0.15) is 220 Å². The van der Waals surface area contributed by atoms with Gasteiger partial charge in [0, 0.05) is 12.8 Å². The molecule has 0 aromatic heterocycles. The number of carbonyl (C=O) groups is 3. The molecular formula is C38H72O4. The first-order valence-electron chi connectivity index (χ1n) is 18.8. The monoisotopic (exact) mass is 593 g/mol. The van der Waals surface area contributed by atoms with Crippen LogP contribution < -0.4 is 0 Å². The van der Waals surface area contributed by atoms with Crippen molar-refractivity contribution >= 4 is 17.7 Å². The van der Waals surface area contributed by atoms with E-state index in [2.05, 4.69) is 20.8 Å². The topological polar surface area (TPSA) is 60.4 Å². The van der Waals surface area contributed by atoms with E-state index in [4.69, 9.17) is 4.74 Å². The first-order valence-corrected chi connectivity index (χ1v) is 18.8. The van der Waals surface area contributed by atoms with E-state index < -0.39 is 17.9 Å². The summed E-state index contributed by atoms with van der Waals surface area (Å²) < 4.78 is 5.24. The fraction of sp³-hybridized carbons (Fsp3) is 0.921. The quantitative estimate of drug-likeness (QED) is 0.0432. The minimum Gasteiger partial charge on any atom is -0.393 e. The molecule has 4 heteroatoms. The summed E-state index contributed by atoms with van der Waals surface area (Å²) in [6.45, 7) is 6.72. The second-order valence-electron chi connectivity index (χ2n) is 12.9. The molecular weight excluding hydrogens is 520 g/mol. The van der Waals surface area contributed by atoms with Crippen LogP contribution in [0.5, 0.6) is 0 Å². The van der Waals surface area contributed by atoms with Gasteiger partial charge in [0.15, 0.2) is 0 Å². The molecule has 0 aliphatic heterocycles. The summed E-state index contributed by atoms with van der Waals surface area (Å²) in [4.78, 5) is 38.4. The molecule has 0 fully saturated rings. The normalized spacial score (nSPS) is 12.0. The molecule has 1 unspecified atom stereocenters. The molecule has 0 aromatic rings. The molecule has 0 radical (unpaired) electrons. The highest BCUT2D eigenvalue weighted by molar-refractivity contribution is 6.02. The molecule has 0 rings (SSSR count). The lowest BCUT2D eigenvalue weighted by Crippen LogP contribution is -2.28. The van der Waals surface area contributed by atoms with Crippen molar-refractivity contribution in [3.63, 3.8) is 0 Å². The number of esters is 2. The van der Waals surface area contributed by atoms with Gasteiger partial charge in [0.2, 0.25) is 0 Å². The Morgan fingerprint density at radius 2 is 0.714 bits per heavy atom. The van der Waals surface area contributed by atoms with Crippen molar-refractivity contribution < 1.29 is 19.1 Å². The summed E-state index contributed by atoms with van der Waals surface area (Å²) in [5, 5.41) is 0. The SMILES string of the molecule is CCCCCCCCCCCCC(=O)OC(=O)C(CCCCCCCCCC)C(=O)CCCCCCCCCCCC. The smallest absolute Gasteiger partial charge is 0.324 e. The molecule has 42 heavy (non-hydrogen) atoms. The Bertz CT molecular complexity index is 614. The number of Topliss-reactive ketones (excluding diaryl/α,β-unsaturated/α-hetero) is 1. The van der Waals surface area contributed by atoms with Crippen LogP contribution in [0.2, 0.25) is 0 Å². The molecule has 0 heterocycles. The zero-order chi connectivity index (χ0) is 30.9. The fourth-order valence-electron chi connectivity index (χ4n) is 5.84. The summed E-state index contributed by atoms with van der Waals surface area (Å²) in [5.41, 5.74) is 0. The predicted octanol–water partition coefficient (Wildman–Crippen LogP) is 12.4. The van der Waals surface area contributed by atoms with Crippen LogP contribution in [0.25, 0.3) is 0 Å². The van der Waals surface area contributed by atoms with Crippen molar-refractivity contribution in [1.82, 2.24) is 0 Å². The first kappa shape index (κ1) is 40.8. The summed E-state index contributed by atoms with van der Waals surface area (Å²) in [6, 6.07) is 0. The Balaban J connectivity index is 4.35. The average Bonchev–Trinajstić information content (AvgIpc) is 2.98. The number of hydrogen-bond donors (Lipinski definition) is 0. The molecule has 0 aliphatic carbocycles. The maximum Gasteiger partial charge on any atom is 0.324 e.